The molecule has 0 saturated heterocycles. The van der Waals surface area contributed by atoms with Gasteiger partial charge in [0.05, 0.1) is 18.6 Å². The van der Waals surface area contributed by atoms with Gasteiger partial charge in [0.25, 0.3) is 0 Å². The van der Waals surface area contributed by atoms with Gasteiger partial charge in [-0.3, -0.25) is 0 Å². The van der Waals surface area contributed by atoms with Crippen molar-refractivity contribution < 1.29 is 14.6 Å². The number of aryl methyl sites for hydroxylation is 2. The molecule has 6 heteroatoms. The van der Waals surface area contributed by atoms with Crippen LogP contribution in [0.25, 0.3) is 11.2 Å². The van der Waals surface area contributed by atoms with Gasteiger partial charge in [0.2, 0.25) is 0 Å². The first-order valence-electron chi connectivity index (χ1n) is 7.81. The number of ether oxygens (including phenoxy) is 1. The van der Waals surface area contributed by atoms with E-state index in [0.29, 0.717) is 29.2 Å². The lowest BCUT2D eigenvalue weighted by molar-refractivity contribution is 0.0691. The van der Waals surface area contributed by atoms with E-state index in [-0.39, 0.29) is 5.56 Å². The Morgan fingerprint density at radius 2 is 2.05 bits per heavy atom. The van der Waals surface area contributed by atoms with Crippen LogP contribution in [0.1, 0.15) is 55.6 Å². The van der Waals surface area contributed by atoms with E-state index in [1.54, 1.807) is 13.3 Å². The van der Waals surface area contributed by atoms with Gasteiger partial charge in [-0.2, -0.15) is 0 Å². The molecule has 0 aliphatic rings. The smallest absolute Gasteiger partial charge is 0.341 e. The van der Waals surface area contributed by atoms with Crippen molar-refractivity contribution in [3.05, 3.63) is 17.6 Å². The Labute approximate surface area is 130 Å². The zero-order valence-electron chi connectivity index (χ0n) is 13.4. The number of carboxylic acid groups (broad SMARTS) is 1. The van der Waals surface area contributed by atoms with Crippen molar-refractivity contribution in [2.24, 2.45) is 0 Å². The topological polar surface area (TPSA) is 77.2 Å². The summed E-state index contributed by atoms with van der Waals surface area (Å²) in [5.41, 5.74) is 1.81. The number of hydrogen-bond acceptors (Lipinski definition) is 4. The van der Waals surface area contributed by atoms with Crippen LogP contribution in [0.3, 0.4) is 0 Å². The van der Waals surface area contributed by atoms with Gasteiger partial charge in [-0.25, -0.2) is 14.8 Å². The third-order valence-electron chi connectivity index (χ3n) is 3.60. The van der Waals surface area contributed by atoms with Crippen molar-refractivity contribution in [2.75, 3.05) is 6.61 Å². The lowest BCUT2D eigenvalue weighted by Crippen LogP contribution is -2.09. The molecule has 0 atom stereocenters. The number of carbonyl (C=O) groups is 1. The molecule has 2 heterocycles. The second-order valence-electron chi connectivity index (χ2n) is 5.37. The number of carboxylic acids is 1. The maximum absolute atomic E-state index is 11.5. The van der Waals surface area contributed by atoms with Crippen molar-refractivity contribution >= 4 is 17.1 Å². The van der Waals surface area contributed by atoms with Gasteiger partial charge in [-0.1, -0.05) is 26.7 Å². The van der Waals surface area contributed by atoms with Crippen LogP contribution in [0.5, 0.6) is 5.75 Å². The Kier molecular flexibility index (Phi) is 5.35. The number of imidazole rings is 1. The number of unbranched alkanes of at least 4 members (excludes halogenated alkanes) is 2. The molecule has 2 aromatic heterocycles. The fourth-order valence-corrected chi connectivity index (χ4v) is 2.35. The summed E-state index contributed by atoms with van der Waals surface area (Å²) >= 11 is 0. The summed E-state index contributed by atoms with van der Waals surface area (Å²) in [5, 5.41) is 9.46. The molecule has 2 rings (SSSR count). The van der Waals surface area contributed by atoms with Gasteiger partial charge in [0.15, 0.2) is 16.9 Å². The van der Waals surface area contributed by atoms with E-state index in [1.165, 1.54) is 0 Å². The molecular weight excluding hydrogens is 282 g/mol. The fraction of sp³-hybridized carbons (Fsp3) is 0.562. The second kappa shape index (κ2) is 7.24. The van der Waals surface area contributed by atoms with Crippen molar-refractivity contribution in [1.29, 1.82) is 0 Å². The number of aromatic carboxylic acids is 1. The average Bonchev–Trinajstić information content (AvgIpc) is 2.87. The number of nitrogens with zero attached hydrogens (tertiary/aromatic N) is 3. The molecule has 0 fully saturated rings. The molecular formula is C16H23N3O3. The molecule has 0 spiro atoms. The summed E-state index contributed by atoms with van der Waals surface area (Å²) < 4.78 is 7.72. The number of hydrogen-bond donors (Lipinski definition) is 1. The second-order valence-corrected chi connectivity index (χ2v) is 5.37. The van der Waals surface area contributed by atoms with Crippen molar-refractivity contribution in [1.82, 2.24) is 14.5 Å². The molecule has 0 aromatic carbocycles. The van der Waals surface area contributed by atoms with E-state index in [2.05, 4.69) is 23.8 Å². The molecule has 0 bridgehead atoms. The monoisotopic (exact) mass is 305 g/mol. The minimum atomic E-state index is -1.03. The lowest BCUT2D eigenvalue weighted by atomic mass is 10.1. The average molecular weight is 305 g/mol. The molecule has 0 radical (unpaired) electrons. The maximum atomic E-state index is 11.5. The van der Waals surface area contributed by atoms with E-state index < -0.39 is 5.97 Å². The Morgan fingerprint density at radius 1 is 1.32 bits per heavy atom. The molecule has 0 aliphatic carbocycles. The van der Waals surface area contributed by atoms with E-state index >= 15 is 0 Å². The largest absolute Gasteiger partial charge is 0.490 e. The molecule has 22 heavy (non-hydrogen) atoms. The van der Waals surface area contributed by atoms with Crippen LogP contribution < -0.4 is 4.74 Å². The van der Waals surface area contributed by atoms with Gasteiger partial charge in [-0.15, -0.1) is 0 Å². The predicted octanol–water partition coefficient (Wildman–Crippen LogP) is 3.42. The van der Waals surface area contributed by atoms with Crippen LogP contribution in [-0.4, -0.2) is 32.2 Å². The number of pyridine rings is 1. The van der Waals surface area contributed by atoms with Crippen LogP contribution in [0, 0.1) is 6.92 Å². The minimum Gasteiger partial charge on any atom is -0.490 e. The Morgan fingerprint density at radius 3 is 2.68 bits per heavy atom. The summed E-state index contributed by atoms with van der Waals surface area (Å²) in [4.78, 5) is 20.3. The van der Waals surface area contributed by atoms with Gasteiger partial charge < -0.3 is 14.4 Å². The van der Waals surface area contributed by atoms with Crippen LogP contribution in [0.15, 0.2) is 6.33 Å². The molecule has 6 nitrogen and oxygen atoms in total. The van der Waals surface area contributed by atoms with Gasteiger partial charge >= 0.3 is 5.97 Å². The first-order chi connectivity index (χ1) is 10.6. The predicted molar refractivity (Wildman–Crippen MR) is 84.5 cm³/mol. The number of rotatable bonds is 8. The van der Waals surface area contributed by atoms with E-state index in [1.807, 2.05) is 4.57 Å². The first kappa shape index (κ1) is 16.3. The Hall–Kier alpha value is -2.11. The standard InChI is InChI=1S/C16H23N3O3/c1-4-6-8-19-10-17-13-14(22-9-7-5-2)12(16(20)21)11(3)18-15(13)19/h10H,4-9H2,1-3H3,(H,20,21). The summed E-state index contributed by atoms with van der Waals surface area (Å²) in [5.74, 6) is -0.680. The van der Waals surface area contributed by atoms with Crippen LogP contribution in [0.2, 0.25) is 0 Å². The van der Waals surface area contributed by atoms with Crippen molar-refractivity contribution in [2.45, 2.75) is 53.0 Å². The first-order valence-corrected chi connectivity index (χ1v) is 7.81. The fourth-order valence-electron chi connectivity index (χ4n) is 2.35. The number of fused-ring (bicyclic) bond motifs is 1. The van der Waals surface area contributed by atoms with E-state index in [0.717, 1.165) is 32.2 Å². The Balaban J connectivity index is 2.52. The summed E-state index contributed by atoms with van der Waals surface area (Å²) in [6.07, 6.45) is 5.68. The highest BCUT2D eigenvalue weighted by Crippen LogP contribution is 2.30. The van der Waals surface area contributed by atoms with Crippen molar-refractivity contribution in [3.63, 3.8) is 0 Å². The summed E-state index contributed by atoms with van der Waals surface area (Å²) in [6.45, 7) is 7.19. The Bertz CT molecular complexity index is 664. The molecule has 2 aromatic rings. The third kappa shape index (κ3) is 3.21. The molecule has 0 aliphatic heterocycles. The van der Waals surface area contributed by atoms with E-state index in [4.69, 9.17) is 4.74 Å². The normalized spacial score (nSPS) is 11.0. The SMILES string of the molecule is CCCCOc1c(C(=O)O)c(C)nc2c1ncn2CCCC. The quantitative estimate of drug-likeness (QED) is 0.756. The molecule has 120 valence electrons. The molecule has 1 N–H and O–H groups in total. The van der Waals surface area contributed by atoms with Gasteiger partial charge in [0.1, 0.15) is 5.56 Å². The van der Waals surface area contributed by atoms with Gasteiger partial charge in [-0.05, 0) is 19.8 Å². The van der Waals surface area contributed by atoms with Crippen molar-refractivity contribution in [3.8, 4) is 5.75 Å². The zero-order valence-corrected chi connectivity index (χ0v) is 13.4. The maximum Gasteiger partial charge on any atom is 0.341 e. The molecule has 0 unspecified atom stereocenters. The minimum absolute atomic E-state index is 0.115. The van der Waals surface area contributed by atoms with Crippen LogP contribution >= 0.6 is 0 Å². The summed E-state index contributed by atoms with van der Waals surface area (Å²) in [7, 11) is 0. The van der Waals surface area contributed by atoms with Crippen LogP contribution in [-0.2, 0) is 6.54 Å². The molecule has 0 amide bonds. The highest BCUT2D eigenvalue weighted by molar-refractivity contribution is 5.98. The summed E-state index contributed by atoms with van der Waals surface area (Å²) in [6, 6.07) is 0. The van der Waals surface area contributed by atoms with Crippen LogP contribution in [0.4, 0.5) is 0 Å². The third-order valence-corrected chi connectivity index (χ3v) is 3.60. The molecule has 0 saturated carbocycles. The lowest BCUT2D eigenvalue weighted by Gasteiger charge is -2.12. The highest BCUT2D eigenvalue weighted by Gasteiger charge is 2.22. The van der Waals surface area contributed by atoms with Gasteiger partial charge in [0, 0.05) is 6.54 Å². The number of aromatic nitrogens is 3. The highest BCUT2D eigenvalue weighted by atomic mass is 16.5. The zero-order chi connectivity index (χ0) is 16.1. The van der Waals surface area contributed by atoms with E-state index in [9.17, 15) is 9.90 Å².